The second-order valence-corrected chi connectivity index (χ2v) is 5.11. The third-order valence-electron chi connectivity index (χ3n) is 3.13. The molecule has 0 aliphatic carbocycles. The Kier molecular flexibility index (Phi) is 5.60. The standard InChI is InChI=1S/C15H18N4O2S/c1-3-4-5-13-17-18-15(22)19(13)16-10-11-6-8-12(9-7-11)14(20)21-2/h6-10H,3-5H2,1-2H3,(H,18,22)/b16-10-. The van der Waals surface area contributed by atoms with Crippen LogP contribution in [-0.2, 0) is 11.2 Å². The Morgan fingerprint density at radius 2 is 2.18 bits per heavy atom. The van der Waals surface area contributed by atoms with Crippen molar-refractivity contribution in [2.24, 2.45) is 5.10 Å². The third-order valence-corrected chi connectivity index (χ3v) is 3.39. The Bertz CT molecular complexity index is 716. The number of methoxy groups -OCH3 is 1. The number of hydrogen-bond acceptors (Lipinski definition) is 5. The van der Waals surface area contributed by atoms with Gasteiger partial charge in [0.2, 0.25) is 4.77 Å². The molecule has 2 rings (SSSR count). The van der Waals surface area contributed by atoms with Gasteiger partial charge in [0, 0.05) is 6.42 Å². The van der Waals surface area contributed by atoms with Gasteiger partial charge in [-0.25, -0.2) is 4.79 Å². The lowest BCUT2D eigenvalue weighted by Gasteiger charge is -2.01. The first-order valence-corrected chi connectivity index (χ1v) is 7.45. The first kappa shape index (κ1) is 16.1. The fourth-order valence-electron chi connectivity index (χ4n) is 1.89. The van der Waals surface area contributed by atoms with Gasteiger partial charge in [0.25, 0.3) is 0 Å². The largest absolute Gasteiger partial charge is 0.465 e. The predicted molar refractivity (Wildman–Crippen MR) is 86.8 cm³/mol. The summed E-state index contributed by atoms with van der Waals surface area (Å²) in [5.74, 6) is 0.455. The molecule has 0 saturated heterocycles. The summed E-state index contributed by atoms with van der Waals surface area (Å²) in [7, 11) is 1.36. The molecule has 0 aliphatic heterocycles. The van der Waals surface area contributed by atoms with Gasteiger partial charge in [0.15, 0.2) is 5.82 Å². The molecule has 7 heteroatoms. The molecule has 0 unspecified atom stereocenters. The molecule has 0 saturated carbocycles. The number of hydrogen-bond donors (Lipinski definition) is 1. The van der Waals surface area contributed by atoms with E-state index in [0.717, 1.165) is 30.7 Å². The van der Waals surface area contributed by atoms with Crippen LogP contribution < -0.4 is 0 Å². The zero-order chi connectivity index (χ0) is 15.9. The number of esters is 1. The second-order valence-electron chi connectivity index (χ2n) is 4.72. The number of aromatic nitrogens is 3. The molecule has 0 bridgehead atoms. The van der Waals surface area contributed by atoms with Gasteiger partial charge in [-0.1, -0.05) is 25.5 Å². The molecular weight excluding hydrogens is 300 g/mol. The fourth-order valence-corrected chi connectivity index (χ4v) is 2.09. The normalized spacial score (nSPS) is 11.0. The molecular formula is C15H18N4O2S. The van der Waals surface area contributed by atoms with E-state index in [-0.39, 0.29) is 5.97 Å². The van der Waals surface area contributed by atoms with Crippen LogP contribution in [0.4, 0.5) is 0 Å². The predicted octanol–water partition coefficient (Wildman–Crippen LogP) is 2.95. The summed E-state index contributed by atoms with van der Waals surface area (Å²) in [4.78, 5) is 11.4. The monoisotopic (exact) mass is 318 g/mol. The highest BCUT2D eigenvalue weighted by Gasteiger charge is 2.05. The number of carbonyl (C=O) groups is 1. The molecule has 0 aliphatic rings. The summed E-state index contributed by atoms with van der Waals surface area (Å²) in [5.41, 5.74) is 1.36. The van der Waals surface area contributed by atoms with Crippen molar-refractivity contribution in [1.82, 2.24) is 14.9 Å². The number of nitrogens with one attached hydrogen (secondary N) is 1. The number of H-pyrrole nitrogens is 1. The van der Waals surface area contributed by atoms with Gasteiger partial charge >= 0.3 is 5.97 Å². The van der Waals surface area contributed by atoms with E-state index in [1.54, 1.807) is 35.2 Å². The first-order valence-electron chi connectivity index (χ1n) is 7.04. The van der Waals surface area contributed by atoms with Crippen LogP contribution >= 0.6 is 12.2 Å². The summed E-state index contributed by atoms with van der Waals surface area (Å²) >= 11 is 5.18. The topological polar surface area (TPSA) is 72.3 Å². The molecule has 116 valence electrons. The van der Waals surface area contributed by atoms with E-state index in [2.05, 4.69) is 27.0 Å². The highest BCUT2D eigenvalue weighted by atomic mass is 32.1. The second kappa shape index (κ2) is 7.65. The van der Waals surface area contributed by atoms with Gasteiger partial charge < -0.3 is 4.74 Å². The number of unbranched alkanes of at least 4 members (excludes halogenated alkanes) is 1. The SMILES string of the molecule is CCCCc1n[nH]c(=S)n1/N=C\c1ccc(C(=O)OC)cc1. The van der Waals surface area contributed by atoms with Crippen molar-refractivity contribution in [3.63, 3.8) is 0 Å². The van der Waals surface area contributed by atoms with Crippen molar-refractivity contribution in [1.29, 1.82) is 0 Å². The molecule has 2 aromatic rings. The molecule has 1 N–H and O–H groups in total. The Balaban J connectivity index is 2.16. The zero-order valence-electron chi connectivity index (χ0n) is 12.6. The Morgan fingerprint density at radius 3 is 2.82 bits per heavy atom. The third kappa shape index (κ3) is 3.88. The summed E-state index contributed by atoms with van der Waals surface area (Å²) in [6.07, 6.45) is 4.62. The lowest BCUT2D eigenvalue weighted by molar-refractivity contribution is 0.0600. The number of aryl methyl sites for hydroxylation is 1. The average Bonchev–Trinajstić information content (AvgIpc) is 2.90. The van der Waals surface area contributed by atoms with Crippen LogP contribution in [0.3, 0.4) is 0 Å². The summed E-state index contributed by atoms with van der Waals surface area (Å²) in [6, 6.07) is 6.98. The van der Waals surface area contributed by atoms with E-state index in [1.165, 1.54) is 7.11 Å². The lowest BCUT2D eigenvalue weighted by atomic mass is 10.1. The van der Waals surface area contributed by atoms with Crippen LogP contribution in [0.1, 0.15) is 41.5 Å². The Hall–Kier alpha value is -2.28. The quantitative estimate of drug-likeness (QED) is 0.505. The molecule has 0 amide bonds. The van der Waals surface area contributed by atoms with E-state index in [1.807, 2.05) is 0 Å². The minimum absolute atomic E-state index is 0.359. The number of rotatable bonds is 6. The van der Waals surface area contributed by atoms with E-state index < -0.39 is 0 Å². The van der Waals surface area contributed by atoms with Crippen molar-refractivity contribution >= 4 is 24.4 Å². The Morgan fingerprint density at radius 1 is 1.45 bits per heavy atom. The molecule has 1 heterocycles. The molecule has 22 heavy (non-hydrogen) atoms. The average molecular weight is 318 g/mol. The minimum Gasteiger partial charge on any atom is -0.465 e. The van der Waals surface area contributed by atoms with Crippen molar-refractivity contribution in [3.8, 4) is 0 Å². The van der Waals surface area contributed by atoms with Crippen molar-refractivity contribution in [3.05, 3.63) is 46.0 Å². The van der Waals surface area contributed by atoms with Crippen LogP contribution in [0.25, 0.3) is 0 Å². The summed E-state index contributed by atoms with van der Waals surface area (Å²) in [6.45, 7) is 2.12. The molecule has 1 aromatic heterocycles. The molecule has 6 nitrogen and oxygen atoms in total. The highest BCUT2D eigenvalue weighted by molar-refractivity contribution is 7.71. The maximum absolute atomic E-state index is 11.4. The number of nitrogens with zero attached hydrogens (tertiary/aromatic N) is 3. The van der Waals surface area contributed by atoms with Crippen molar-refractivity contribution in [2.75, 3.05) is 7.11 Å². The molecule has 0 spiro atoms. The lowest BCUT2D eigenvalue weighted by Crippen LogP contribution is -2.01. The summed E-state index contributed by atoms with van der Waals surface area (Å²) < 4.78 is 6.75. The fraction of sp³-hybridized carbons (Fsp3) is 0.333. The van der Waals surface area contributed by atoms with Gasteiger partial charge in [0.05, 0.1) is 18.9 Å². The molecule has 0 atom stereocenters. The van der Waals surface area contributed by atoms with Gasteiger partial charge in [0.1, 0.15) is 0 Å². The first-order chi connectivity index (χ1) is 10.7. The number of aromatic amines is 1. The maximum Gasteiger partial charge on any atom is 0.337 e. The number of carbonyl (C=O) groups excluding carboxylic acids is 1. The van der Waals surface area contributed by atoms with E-state index in [9.17, 15) is 4.79 Å². The van der Waals surface area contributed by atoms with Gasteiger partial charge in [-0.15, -0.1) is 0 Å². The van der Waals surface area contributed by atoms with E-state index in [0.29, 0.717) is 10.3 Å². The zero-order valence-corrected chi connectivity index (χ0v) is 13.4. The maximum atomic E-state index is 11.4. The van der Waals surface area contributed by atoms with Crippen LogP contribution in [0.5, 0.6) is 0 Å². The van der Waals surface area contributed by atoms with Crippen LogP contribution in [0.2, 0.25) is 0 Å². The number of ether oxygens (including phenoxy) is 1. The van der Waals surface area contributed by atoms with Crippen molar-refractivity contribution < 1.29 is 9.53 Å². The molecule has 1 aromatic carbocycles. The van der Waals surface area contributed by atoms with E-state index in [4.69, 9.17) is 12.2 Å². The minimum atomic E-state index is -0.359. The van der Waals surface area contributed by atoms with Gasteiger partial charge in [-0.05, 0) is 36.3 Å². The molecule has 0 radical (unpaired) electrons. The van der Waals surface area contributed by atoms with E-state index >= 15 is 0 Å². The van der Waals surface area contributed by atoms with Crippen LogP contribution in [-0.4, -0.2) is 34.2 Å². The van der Waals surface area contributed by atoms with Crippen LogP contribution in [0, 0.1) is 4.77 Å². The highest BCUT2D eigenvalue weighted by Crippen LogP contribution is 2.06. The van der Waals surface area contributed by atoms with Gasteiger partial charge in [-0.3, -0.25) is 5.10 Å². The van der Waals surface area contributed by atoms with Gasteiger partial charge in [-0.2, -0.15) is 14.9 Å². The summed E-state index contributed by atoms with van der Waals surface area (Å²) in [5, 5.41) is 11.3. The number of benzene rings is 1. The molecule has 0 fully saturated rings. The Labute approximate surface area is 133 Å². The van der Waals surface area contributed by atoms with Crippen molar-refractivity contribution in [2.45, 2.75) is 26.2 Å². The smallest absolute Gasteiger partial charge is 0.337 e. The van der Waals surface area contributed by atoms with Crippen LogP contribution in [0.15, 0.2) is 29.4 Å².